The Morgan fingerprint density at radius 1 is 1.42 bits per heavy atom. The molecule has 2 rings (SSSR count). The Morgan fingerprint density at radius 3 is 2.74 bits per heavy atom. The minimum Gasteiger partial charge on any atom is -0.369 e. The SMILES string of the molecule is CCN(CC)C1CCN(c2ccc(C=O)cc2Br)C1. The minimum atomic E-state index is 0.646. The molecule has 1 aromatic carbocycles. The molecule has 1 saturated heterocycles. The highest BCUT2D eigenvalue weighted by molar-refractivity contribution is 9.10. The lowest BCUT2D eigenvalue weighted by Crippen LogP contribution is -2.37. The molecule has 1 heterocycles. The molecule has 0 bridgehead atoms. The average molecular weight is 325 g/mol. The van der Waals surface area contributed by atoms with Crippen LogP contribution in [0.25, 0.3) is 0 Å². The second-order valence-corrected chi connectivity index (χ2v) is 5.79. The third-order valence-electron chi connectivity index (χ3n) is 3.94. The van der Waals surface area contributed by atoms with Gasteiger partial charge in [0.1, 0.15) is 6.29 Å². The predicted molar refractivity (Wildman–Crippen MR) is 83.1 cm³/mol. The van der Waals surface area contributed by atoms with E-state index in [1.54, 1.807) is 0 Å². The van der Waals surface area contributed by atoms with E-state index in [4.69, 9.17) is 0 Å². The zero-order valence-corrected chi connectivity index (χ0v) is 13.2. The highest BCUT2D eigenvalue weighted by Gasteiger charge is 2.27. The van der Waals surface area contributed by atoms with Crippen LogP contribution < -0.4 is 4.90 Å². The van der Waals surface area contributed by atoms with Crippen LogP contribution in [0.3, 0.4) is 0 Å². The Morgan fingerprint density at radius 2 is 2.16 bits per heavy atom. The number of benzene rings is 1. The minimum absolute atomic E-state index is 0.646. The summed E-state index contributed by atoms with van der Waals surface area (Å²) in [5.74, 6) is 0. The molecule has 3 nitrogen and oxygen atoms in total. The molecule has 4 heteroatoms. The van der Waals surface area contributed by atoms with Crippen molar-refractivity contribution in [2.75, 3.05) is 31.1 Å². The fourth-order valence-corrected chi connectivity index (χ4v) is 3.50. The molecule has 0 spiro atoms. The van der Waals surface area contributed by atoms with Gasteiger partial charge in [-0.3, -0.25) is 9.69 Å². The van der Waals surface area contributed by atoms with E-state index >= 15 is 0 Å². The molecular formula is C15H21BrN2O. The molecule has 1 aliphatic heterocycles. The number of aldehydes is 1. The molecule has 0 aliphatic carbocycles. The summed E-state index contributed by atoms with van der Waals surface area (Å²) >= 11 is 3.57. The van der Waals surface area contributed by atoms with E-state index in [0.29, 0.717) is 6.04 Å². The van der Waals surface area contributed by atoms with E-state index in [-0.39, 0.29) is 0 Å². The van der Waals surface area contributed by atoms with Crippen LogP contribution in [0.15, 0.2) is 22.7 Å². The van der Waals surface area contributed by atoms with Crippen LogP contribution in [0, 0.1) is 0 Å². The smallest absolute Gasteiger partial charge is 0.150 e. The fourth-order valence-electron chi connectivity index (χ4n) is 2.85. The maximum Gasteiger partial charge on any atom is 0.150 e. The third kappa shape index (κ3) is 3.18. The van der Waals surface area contributed by atoms with Crippen molar-refractivity contribution in [3.05, 3.63) is 28.2 Å². The molecule has 0 aromatic heterocycles. The summed E-state index contributed by atoms with van der Waals surface area (Å²) in [4.78, 5) is 15.7. The first-order valence-electron chi connectivity index (χ1n) is 6.93. The molecular weight excluding hydrogens is 304 g/mol. The monoisotopic (exact) mass is 324 g/mol. The quantitative estimate of drug-likeness (QED) is 0.777. The first-order chi connectivity index (χ1) is 9.19. The van der Waals surface area contributed by atoms with Gasteiger partial charge in [0.25, 0.3) is 0 Å². The van der Waals surface area contributed by atoms with Crippen molar-refractivity contribution < 1.29 is 4.79 Å². The summed E-state index contributed by atoms with van der Waals surface area (Å²) in [6, 6.07) is 6.47. The highest BCUT2D eigenvalue weighted by Crippen LogP contribution is 2.30. The van der Waals surface area contributed by atoms with E-state index in [2.05, 4.69) is 39.6 Å². The standard InChI is InChI=1S/C15H21BrN2O/c1-3-17(4-2)13-7-8-18(10-13)15-6-5-12(11-19)9-14(15)16/h5-6,9,11,13H,3-4,7-8,10H2,1-2H3. The van der Waals surface area contributed by atoms with E-state index in [1.807, 2.05) is 18.2 Å². The van der Waals surface area contributed by atoms with Crippen molar-refractivity contribution in [2.24, 2.45) is 0 Å². The highest BCUT2D eigenvalue weighted by atomic mass is 79.9. The largest absolute Gasteiger partial charge is 0.369 e. The number of rotatable bonds is 5. The van der Waals surface area contributed by atoms with Gasteiger partial charge in [0.05, 0.1) is 5.69 Å². The Labute approximate surface area is 123 Å². The van der Waals surface area contributed by atoms with Crippen LogP contribution in [0.2, 0.25) is 0 Å². The summed E-state index contributed by atoms with van der Waals surface area (Å²) in [6.07, 6.45) is 2.10. The van der Waals surface area contributed by atoms with E-state index in [0.717, 1.165) is 42.5 Å². The molecule has 0 radical (unpaired) electrons. The number of nitrogens with zero attached hydrogens (tertiary/aromatic N) is 2. The van der Waals surface area contributed by atoms with Gasteiger partial charge in [-0.1, -0.05) is 13.8 Å². The Bertz CT molecular complexity index is 446. The van der Waals surface area contributed by atoms with Gasteiger partial charge in [0.15, 0.2) is 0 Å². The number of hydrogen-bond acceptors (Lipinski definition) is 3. The van der Waals surface area contributed by atoms with Gasteiger partial charge in [-0.05, 0) is 53.6 Å². The topological polar surface area (TPSA) is 23.6 Å². The van der Waals surface area contributed by atoms with Gasteiger partial charge in [0.2, 0.25) is 0 Å². The zero-order chi connectivity index (χ0) is 13.8. The summed E-state index contributed by atoms with van der Waals surface area (Å²) in [5, 5.41) is 0. The van der Waals surface area contributed by atoms with Crippen molar-refractivity contribution in [1.29, 1.82) is 0 Å². The van der Waals surface area contributed by atoms with E-state index in [9.17, 15) is 4.79 Å². The van der Waals surface area contributed by atoms with Crippen LogP contribution in [0.1, 0.15) is 30.6 Å². The van der Waals surface area contributed by atoms with Gasteiger partial charge < -0.3 is 4.90 Å². The molecule has 0 saturated carbocycles. The Kier molecular flexibility index (Phi) is 4.99. The summed E-state index contributed by atoms with van der Waals surface area (Å²) in [7, 11) is 0. The number of likely N-dealkylation sites (N-methyl/N-ethyl adjacent to an activating group) is 1. The van der Waals surface area contributed by atoms with Gasteiger partial charge in [-0.15, -0.1) is 0 Å². The maximum atomic E-state index is 10.8. The molecule has 19 heavy (non-hydrogen) atoms. The summed E-state index contributed by atoms with van der Waals surface area (Å²) in [5.41, 5.74) is 1.91. The molecule has 1 aromatic rings. The number of halogens is 1. The number of anilines is 1. The van der Waals surface area contributed by atoms with Gasteiger partial charge in [-0.2, -0.15) is 0 Å². The van der Waals surface area contributed by atoms with Crippen molar-refractivity contribution in [3.63, 3.8) is 0 Å². The molecule has 1 aliphatic rings. The lowest BCUT2D eigenvalue weighted by Gasteiger charge is -2.27. The van der Waals surface area contributed by atoms with Crippen LogP contribution in [-0.4, -0.2) is 43.4 Å². The molecule has 104 valence electrons. The number of hydrogen-bond donors (Lipinski definition) is 0. The van der Waals surface area contributed by atoms with E-state index < -0.39 is 0 Å². The van der Waals surface area contributed by atoms with Gasteiger partial charge >= 0.3 is 0 Å². The van der Waals surface area contributed by atoms with Gasteiger partial charge in [-0.25, -0.2) is 0 Å². The summed E-state index contributed by atoms with van der Waals surface area (Å²) in [6.45, 7) is 8.82. The first-order valence-corrected chi connectivity index (χ1v) is 7.72. The van der Waals surface area contributed by atoms with Crippen molar-refractivity contribution >= 4 is 27.9 Å². The molecule has 1 fully saturated rings. The van der Waals surface area contributed by atoms with Crippen LogP contribution >= 0.6 is 15.9 Å². The lowest BCUT2D eigenvalue weighted by atomic mass is 10.2. The molecule has 0 amide bonds. The third-order valence-corrected chi connectivity index (χ3v) is 4.58. The van der Waals surface area contributed by atoms with Crippen molar-refractivity contribution in [3.8, 4) is 0 Å². The summed E-state index contributed by atoms with van der Waals surface area (Å²) < 4.78 is 1.01. The van der Waals surface area contributed by atoms with Crippen molar-refractivity contribution in [1.82, 2.24) is 4.90 Å². The fraction of sp³-hybridized carbons (Fsp3) is 0.533. The predicted octanol–water partition coefficient (Wildman–Crippen LogP) is 3.18. The lowest BCUT2D eigenvalue weighted by molar-refractivity contribution is 0.112. The zero-order valence-electron chi connectivity index (χ0n) is 11.6. The Balaban J connectivity index is 2.10. The first kappa shape index (κ1) is 14.5. The van der Waals surface area contributed by atoms with Gasteiger partial charge in [0, 0.05) is 29.2 Å². The van der Waals surface area contributed by atoms with E-state index in [1.165, 1.54) is 12.1 Å². The average Bonchev–Trinajstić information content (AvgIpc) is 2.89. The Hall–Kier alpha value is -0.870. The second kappa shape index (κ2) is 6.53. The molecule has 1 atom stereocenters. The van der Waals surface area contributed by atoms with Crippen molar-refractivity contribution in [2.45, 2.75) is 26.3 Å². The second-order valence-electron chi connectivity index (χ2n) is 4.94. The van der Waals surface area contributed by atoms with Crippen LogP contribution in [0.5, 0.6) is 0 Å². The molecule has 1 unspecified atom stereocenters. The van der Waals surface area contributed by atoms with Crippen LogP contribution in [0.4, 0.5) is 5.69 Å². The maximum absolute atomic E-state index is 10.8. The normalized spacial score (nSPS) is 19.2. The number of carbonyl (C=O) groups excluding carboxylic acids is 1. The number of carbonyl (C=O) groups is 1. The van der Waals surface area contributed by atoms with Crippen LogP contribution in [-0.2, 0) is 0 Å². The molecule has 0 N–H and O–H groups in total.